The minimum atomic E-state index is -0.320. The highest BCUT2D eigenvalue weighted by Gasteiger charge is 2.17. The summed E-state index contributed by atoms with van der Waals surface area (Å²) in [5, 5.41) is 0. The predicted molar refractivity (Wildman–Crippen MR) is 102 cm³/mol. The highest BCUT2D eigenvalue weighted by molar-refractivity contribution is 5.78. The van der Waals surface area contributed by atoms with Crippen molar-refractivity contribution in [2.75, 3.05) is 26.9 Å². The standard InChI is InChI=1S/C21H25NO5/c1-3-26-21(24)13-14-22(15-17-7-5-4-6-8-17)20(23)16-27-19-11-9-18(25-2)10-12-19/h4-12H,3,13-16H2,1-2H3. The van der Waals surface area contributed by atoms with E-state index in [1.165, 1.54) is 0 Å². The normalized spacial score (nSPS) is 10.1. The van der Waals surface area contributed by atoms with Crippen LogP contribution in [0.25, 0.3) is 0 Å². The molecular weight excluding hydrogens is 346 g/mol. The molecule has 2 rings (SSSR count). The molecule has 0 unspecified atom stereocenters. The third kappa shape index (κ3) is 7.01. The van der Waals surface area contributed by atoms with Gasteiger partial charge in [-0.1, -0.05) is 30.3 Å². The first-order valence-corrected chi connectivity index (χ1v) is 8.86. The fourth-order valence-electron chi connectivity index (χ4n) is 2.46. The molecule has 0 fully saturated rings. The molecule has 0 aliphatic rings. The van der Waals surface area contributed by atoms with Crippen molar-refractivity contribution in [2.45, 2.75) is 19.9 Å². The second kappa shape index (κ2) is 10.9. The molecule has 1 amide bonds. The first-order valence-electron chi connectivity index (χ1n) is 8.86. The van der Waals surface area contributed by atoms with E-state index in [1.807, 2.05) is 30.3 Å². The topological polar surface area (TPSA) is 65.1 Å². The van der Waals surface area contributed by atoms with E-state index in [9.17, 15) is 9.59 Å². The Hall–Kier alpha value is -3.02. The van der Waals surface area contributed by atoms with Gasteiger partial charge in [0.2, 0.25) is 0 Å². The molecule has 0 aromatic heterocycles. The molecule has 0 atom stereocenters. The Labute approximate surface area is 159 Å². The summed E-state index contributed by atoms with van der Waals surface area (Å²) in [7, 11) is 1.59. The first-order chi connectivity index (χ1) is 13.1. The lowest BCUT2D eigenvalue weighted by Crippen LogP contribution is -2.36. The van der Waals surface area contributed by atoms with Gasteiger partial charge in [0.25, 0.3) is 5.91 Å². The number of rotatable bonds is 10. The van der Waals surface area contributed by atoms with E-state index in [4.69, 9.17) is 14.2 Å². The van der Waals surface area contributed by atoms with Gasteiger partial charge in [0.15, 0.2) is 6.61 Å². The molecule has 2 aromatic carbocycles. The molecule has 144 valence electrons. The highest BCUT2D eigenvalue weighted by Crippen LogP contribution is 2.17. The van der Waals surface area contributed by atoms with Gasteiger partial charge in [-0.2, -0.15) is 0 Å². The number of hydrogen-bond acceptors (Lipinski definition) is 5. The van der Waals surface area contributed by atoms with Crippen molar-refractivity contribution in [3.8, 4) is 11.5 Å². The van der Waals surface area contributed by atoms with Gasteiger partial charge in [-0.15, -0.1) is 0 Å². The summed E-state index contributed by atoms with van der Waals surface area (Å²) in [6, 6.07) is 16.6. The number of carbonyl (C=O) groups is 2. The minimum absolute atomic E-state index is 0.109. The Balaban J connectivity index is 1.96. The summed E-state index contributed by atoms with van der Waals surface area (Å²) in [6.45, 7) is 2.66. The number of benzene rings is 2. The van der Waals surface area contributed by atoms with Crippen molar-refractivity contribution in [1.29, 1.82) is 0 Å². The second-order valence-electron chi connectivity index (χ2n) is 5.82. The molecule has 27 heavy (non-hydrogen) atoms. The third-order valence-electron chi connectivity index (χ3n) is 3.88. The van der Waals surface area contributed by atoms with Crippen LogP contribution in [0, 0.1) is 0 Å². The average molecular weight is 371 g/mol. The molecule has 0 saturated carbocycles. The van der Waals surface area contributed by atoms with Gasteiger partial charge in [-0.3, -0.25) is 9.59 Å². The zero-order valence-electron chi connectivity index (χ0n) is 15.7. The number of hydrogen-bond donors (Lipinski definition) is 0. The summed E-state index contributed by atoms with van der Waals surface area (Å²) in [5.41, 5.74) is 0.985. The lowest BCUT2D eigenvalue weighted by atomic mass is 10.2. The van der Waals surface area contributed by atoms with Crippen LogP contribution in [0.2, 0.25) is 0 Å². The van der Waals surface area contributed by atoms with E-state index in [1.54, 1.807) is 43.2 Å². The second-order valence-corrected chi connectivity index (χ2v) is 5.82. The molecule has 0 spiro atoms. The number of esters is 1. The van der Waals surface area contributed by atoms with E-state index < -0.39 is 0 Å². The van der Waals surface area contributed by atoms with Crippen molar-refractivity contribution in [1.82, 2.24) is 4.90 Å². The van der Waals surface area contributed by atoms with Gasteiger partial charge in [0.05, 0.1) is 20.1 Å². The van der Waals surface area contributed by atoms with Gasteiger partial charge in [-0.05, 0) is 36.8 Å². The molecule has 0 aliphatic carbocycles. The smallest absolute Gasteiger partial charge is 0.307 e. The molecule has 0 N–H and O–H groups in total. The van der Waals surface area contributed by atoms with Crippen molar-refractivity contribution < 1.29 is 23.8 Å². The fourth-order valence-corrected chi connectivity index (χ4v) is 2.46. The van der Waals surface area contributed by atoms with Gasteiger partial charge in [0.1, 0.15) is 11.5 Å². The fraction of sp³-hybridized carbons (Fsp3) is 0.333. The average Bonchev–Trinajstić information content (AvgIpc) is 2.70. The molecule has 6 heteroatoms. The SMILES string of the molecule is CCOC(=O)CCN(Cc1ccccc1)C(=O)COc1ccc(OC)cc1. The Morgan fingerprint density at radius 3 is 2.26 bits per heavy atom. The van der Waals surface area contributed by atoms with Gasteiger partial charge in [0, 0.05) is 13.1 Å². The lowest BCUT2D eigenvalue weighted by Gasteiger charge is -2.22. The maximum absolute atomic E-state index is 12.6. The summed E-state index contributed by atoms with van der Waals surface area (Å²) >= 11 is 0. The van der Waals surface area contributed by atoms with Crippen LogP contribution in [-0.2, 0) is 20.9 Å². The molecule has 0 saturated heterocycles. The summed E-state index contributed by atoms with van der Waals surface area (Å²) in [5.74, 6) is 0.779. The number of amides is 1. The zero-order valence-corrected chi connectivity index (χ0v) is 15.7. The van der Waals surface area contributed by atoms with Gasteiger partial charge < -0.3 is 19.1 Å². The third-order valence-corrected chi connectivity index (χ3v) is 3.88. The van der Waals surface area contributed by atoms with Crippen molar-refractivity contribution in [3.63, 3.8) is 0 Å². The van der Waals surface area contributed by atoms with E-state index in [-0.39, 0.29) is 31.4 Å². The maximum atomic E-state index is 12.6. The Morgan fingerprint density at radius 2 is 1.63 bits per heavy atom. The van der Waals surface area contributed by atoms with Crippen molar-refractivity contribution in [3.05, 3.63) is 60.2 Å². The molecule has 0 heterocycles. The summed E-state index contributed by atoms with van der Waals surface area (Å²) < 4.78 is 15.6. The van der Waals surface area contributed by atoms with E-state index in [0.29, 0.717) is 24.7 Å². The molecule has 0 bridgehead atoms. The molecule has 0 radical (unpaired) electrons. The maximum Gasteiger partial charge on any atom is 0.307 e. The van der Waals surface area contributed by atoms with Crippen molar-refractivity contribution >= 4 is 11.9 Å². The van der Waals surface area contributed by atoms with Gasteiger partial charge in [-0.25, -0.2) is 0 Å². The molecule has 2 aromatic rings. The van der Waals surface area contributed by atoms with Crippen LogP contribution in [0.15, 0.2) is 54.6 Å². The monoisotopic (exact) mass is 371 g/mol. The van der Waals surface area contributed by atoms with Crippen LogP contribution in [0.1, 0.15) is 18.9 Å². The zero-order chi connectivity index (χ0) is 19.5. The molecule has 6 nitrogen and oxygen atoms in total. The lowest BCUT2D eigenvalue weighted by molar-refractivity contribution is -0.144. The number of carbonyl (C=O) groups excluding carboxylic acids is 2. The summed E-state index contributed by atoms with van der Waals surface area (Å²) in [6.07, 6.45) is 0.148. The quantitative estimate of drug-likeness (QED) is 0.601. The van der Waals surface area contributed by atoms with E-state index in [0.717, 1.165) is 5.56 Å². The Bertz CT molecular complexity index is 715. The van der Waals surface area contributed by atoms with Crippen molar-refractivity contribution in [2.24, 2.45) is 0 Å². The number of methoxy groups -OCH3 is 1. The number of nitrogens with zero attached hydrogens (tertiary/aromatic N) is 1. The Morgan fingerprint density at radius 1 is 0.963 bits per heavy atom. The largest absolute Gasteiger partial charge is 0.497 e. The van der Waals surface area contributed by atoms with E-state index in [2.05, 4.69) is 0 Å². The molecule has 0 aliphatic heterocycles. The van der Waals surface area contributed by atoms with Gasteiger partial charge >= 0.3 is 5.97 Å². The van der Waals surface area contributed by atoms with Crippen LogP contribution in [0.5, 0.6) is 11.5 Å². The minimum Gasteiger partial charge on any atom is -0.497 e. The predicted octanol–water partition coefficient (Wildman–Crippen LogP) is 3.06. The highest BCUT2D eigenvalue weighted by atomic mass is 16.5. The molecular formula is C21H25NO5. The van der Waals surface area contributed by atoms with Crippen LogP contribution in [-0.4, -0.2) is 43.6 Å². The first kappa shape index (κ1) is 20.3. The summed E-state index contributed by atoms with van der Waals surface area (Å²) in [4.78, 5) is 25.9. The van der Waals surface area contributed by atoms with Crippen LogP contribution >= 0.6 is 0 Å². The van der Waals surface area contributed by atoms with Crippen LogP contribution < -0.4 is 9.47 Å². The Kier molecular flexibility index (Phi) is 8.16. The number of ether oxygens (including phenoxy) is 3. The van der Waals surface area contributed by atoms with Crippen LogP contribution in [0.4, 0.5) is 0 Å². The van der Waals surface area contributed by atoms with E-state index >= 15 is 0 Å². The van der Waals surface area contributed by atoms with Crippen LogP contribution in [0.3, 0.4) is 0 Å².